The minimum atomic E-state index is -1.99. The average molecular weight is 292 g/mol. The zero-order chi connectivity index (χ0) is 14.6. The Morgan fingerprint density at radius 3 is 2.00 bits per heavy atom. The molecule has 0 aromatic heterocycles. The molecule has 1 atom stereocenters. The van der Waals surface area contributed by atoms with Crippen LogP contribution in [0.4, 0.5) is 0 Å². The predicted molar refractivity (Wildman–Crippen MR) is 77.1 cm³/mol. The fourth-order valence-corrected chi connectivity index (χ4v) is 3.99. The van der Waals surface area contributed by atoms with Crippen molar-refractivity contribution in [2.24, 2.45) is 0 Å². The van der Waals surface area contributed by atoms with E-state index in [2.05, 4.69) is 26.9 Å². The predicted octanol–water partition coefficient (Wildman–Crippen LogP) is 3.10. The van der Waals surface area contributed by atoms with Gasteiger partial charge in [0.15, 0.2) is 0 Å². The molecule has 0 aromatic carbocycles. The molecule has 6 heteroatoms. The highest BCUT2D eigenvalue weighted by atomic mass is 28.4. The molecular formula is C12H27O4Si2. The van der Waals surface area contributed by atoms with E-state index in [1.165, 1.54) is 0 Å². The minimum absolute atomic E-state index is 0.173. The summed E-state index contributed by atoms with van der Waals surface area (Å²) in [5, 5.41) is -0.659. The molecule has 0 aromatic rings. The van der Waals surface area contributed by atoms with Gasteiger partial charge in [-0.2, -0.15) is 0 Å². The molecule has 1 unspecified atom stereocenters. The number of rotatable bonds is 7. The van der Waals surface area contributed by atoms with E-state index >= 15 is 0 Å². The number of hydrogen-bond donors (Lipinski definition) is 0. The molecule has 0 fully saturated rings. The summed E-state index contributed by atoms with van der Waals surface area (Å²) in [7, 11) is -0.470. The smallest absolute Gasteiger partial charge is 0.402 e. The maximum atomic E-state index is 12.5. The fraction of sp³-hybridized carbons (Fsp3) is 0.917. The summed E-state index contributed by atoms with van der Waals surface area (Å²) in [6.07, 6.45) is 0.657. The van der Waals surface area contributed by atoms with E-state index in [0.29, 0.717) is 12.0 Å². The van der Waals surface area contributed by atoms with Crippen molar-refractivity contribution in [3.63, 3.8) is 0 Å². The highest BCUT2D eigenvalue weighted by Crippen LogP contribution is 2.37. The van der Waals surface area contributed by atoms with Crippen LogP contribution in [0.1, 0.15) is 34.1 Å². The first-order valence-electron chi connectivity index (χ1n) is 6.34. The zero-order valence-corrected chi connectivity index (χ0v) is 14.9. The fourth-order valence-electron chi connectivity index (χ4n) is 1.38. The molecule has 0 aliphatic carbocycles. The molecular weight excluding hydrogens is 264 g/mol. The van der Waals surface area contributed by atoms with Crippen LogP contribution in [0.15, 0.2) is 0 Å². The van der Waals surface area contributed by atoms with Gasteiger partial charge in [0.25, 0.3) is 14.3 Å². The van der Waals surface area contributed by atoms with E-state index in [9.17, 15) is 4.79 Å². The summed E-state index contributed by atoms with van der Waals surface area (Å²) in [6.45, 7) is 12.2. The van der Waals surface area contributed by atoms with Gasteiger partial charge in [0.1, 0.15) is 5.04 Å². The second-order valence-electron chi connectivity index (χ2n) is 5.53. The maximum Gasteiger partial charge on any atom is 0.402 e. The van der Waals surface area contributed by atoms with E-state index in [-0.39, 0.29) is 5.97 Å². The van der Waals surface area contributed by atoms with Crippen LogP contribution >= 0.6 is 0 Å². The van der Waals surface area contributed by atoms with Crippen LogP contribution < -0.4 is 0 Å². The average Bonchev–Trinajstić information content (AvgIpc) is 2.29. The highest BCUT2D eigenvalue weighted by molar-refractivity contribution is 6.74. The van der Waals surface area contributed by atoms with Gasteiger partial charge < -0.3 is 13.3 Å². The summed E-state index contributed by atoms with van der Waals surface area (Å²) in [5.41, 5.74) is 0.392. The lowest BCUT2D eigenvalue weighted by Crippen LogP contribution is -2.46. The first kappa shape index (κ1) is 17.8. The Kier molecular flexibility index (Phi) is 6.77. The van der Waals surface area contributed by atoms with Crippen molar-refractivity contribution in [1.82, 2.24) is 0 Å². The molecule has 0 heterocycles. The van der Waals surface area contributed by atoms with E-state index < -0.39 is 22.6 Å². The van der Waals surface area contributed by atoms with Crippen molar-refractivity contribution in [3.05, 3.63) is 0 Å². The van der Waals surface area contributed by atoms with Crippen molar-refractivity contribution < 1.29 is 18.1 Å². The number of carbonyl (C=O) groups excluding carboxylic acids is 1. The number of hydrogen-bond acceptors (Lipinski definition) is 4. The molecule has 1 radical (unpaired) electrons. The SMILES string of the molecule is CCC(C)(C(=O)O[Si](C)(C)C(C)C)[Si](OC)OC. The van der Waals surface area contributed by atoms with Crippen molar-refractivity contribution in [2.45, 2.75) is 57.8 Å². The van der Waals surface area contributed by atoms with Crippen LogP contribution in [0.25, 0.3) is 0 Å². The Morgan fingerprint density at radius 1 is 1.28 bits per heavy atom. The van der Waals surface area contributed by atoms with Crippen molar-refractivity contribution >= 4 is 23.6 Å². The lowest BCUT2D eigenvalue weighted by Gasteiger charge is -2.35. The summed E-state index contributed by atoms with van der Waals surface area (Å²) >= 11 is 0. The van der Waals surface area contributed by atoms with Crippen LogP contribution in [-0.2, 0) is 18.1 Å². The van der Waals surface area contributed by atoms with Crippen LogP contribution in [0.3, 0.4) is 0 Å². The van der Waals surface area contributed by atoms with Crippen molar-refractivity contribution in [2.75, 3.05) is 14.2 Å². The van der Waals surface area contributed by atoms with Crippen LogP contribution in [0.5, 0.6) is 0 Å². The summed E-state index contributed by atoms with van der Waals surface area (Å²) in [4.78, 5) is 12.5. The largest absolute Gasteiger partial charge is 0.519 e. The molecule has 0 saturated carbocycles. The molecule has 0 aliphatic heterocycles. The van der Waals surface area contributed by atoms with E-state index in [0.717, 1.165) is 0 Å². The molecule has 0 bridgehead atoms. The second-order valence-corrected chi connectivity index (χ2v) is 12.6. The second kappa shape index (κ2) is 6.84. The van der Waals surface area contributed by atoms with E-state index in [4.69, 9.17) is 13.3 Å². The third kappa shape index (κ3) is 3.91. The minimum Gasteiger partial charge on any atom is -0.519 e. The molecule has 0 spiro atoms. The highest BCUT2D eigenvalue weighted by Gasteiger charge is 2.48. The lowest BCUT2D eigenvalue weighted by atomic mass is 10.1. The van der Waals surface area contributed by atoms with Crippen LogP contribution in [0, 0.1) is 0 Å². The van der Waals surface area contributed by atoms with Gasteiger partial charge in [-0.05, 0) is 32.0 Å². The van der Waals surface area contributed by atoms with Gasteiger partial charge in [-0.3, -0.25) is 4.79 Å². The Morgan fingerprint density at radius 2 is 1.72 bits per heavy atom. The van der Waals surface area contributed by atoms with E-state index in [1.807, 2.05) is 13.8 Å². The molecule has 0 rings (SSSR count). The van der Waals surface area contributed by atoms with Gasteiger partial charge in [0.05, 0.1) is 0 Å². The third-order valence-electron chi connectivity index (χ3n) is 3.73. The molecule has 0 saturated heterocycles. The van der Waals surface area contributed by atoms with Gasteiger partial charge in [-0.1, -0.05) is 20.8 Å². The zero-order valence-electron chi connectivity index (χ0n) is 12.9. The Labute approximate surface area is 114 Å². The monoisotopic (exact) mass is 291 g/mol. The standard InChI is InChI=1S/C12H27O4Si2/c1-9-12(4,17(14-5)15-6)11(13)16-18(7,8)10(2)3/h10H,9H2,1-8H3. The quantitative estimate of drug-likeness (QED) is 0.676. The maximum absolute atomic E-state index is 12.5. The van der Waals surface area contributed by atoms with Gasteiger partial charge >= 0.3 is 9.28 Å². The van der Waals surface area contributed by atoms with Crippen LogP contribution in [0.2, 0.25) is 23.7 Å². The summed E-state index contributed by atoms with van der Waals surface area (Å²) in [6, 6.07) is 0. The summed E-state index contributed by atoms with van der Waals surface area (Å²) < 4.78 is 16.5. The Bertz CT molecular complexity index is 277. The first-order chi connectivity index (χ1) is 8.15. The van der Waals surface area contributed by atoms with Gasteiger partial charge in [0, 0.05) is 14.2 Å². The van der Waals surface area contributed by atoms with Crippen molar-refractivity contribution in [1.29, 1.82) is 0 Å². The summed E-state index contributed by atoms with van der Waals surface area (Å²) in [5.74, 6) is -0.173. The Hall–Kier alpha value is -0.176. The topological polar surface area (TPSA) is 44.8 Å². The van der Waals surface area contributed by atoms with Gasteiger partial charge in [-0.25, -0.2) is 0 Å². The van der Waals surface area contributed by atoms with Crippen LogP contribution in [-0.4, -0.2) is 37.8 Å². The van der Waals surface area contributed by atoms with Gasteiger partial charge in [-0.15, -0.1) is 0 Å². The van der Waals surface area contributed by atoms with Gasteiger partial charge in [0.2, 0.25) is 0 Å². The molecule has 0 aliphatic rings. The number of carbonyl (C=O) groups is 1. The molecule has 18 heavy (non-hydrogen) atoms. The first-order valence-corrected chi connectivity index (χ1v) is 10.6. The normalized spacial score (nSPS) is 15.9. The molecule has 4 nitrogen and oxygen atoms in total. The van der Waals surface area contributed by atoms with Crippen molar-refractivity contribution in [3.8, 4) is 0 Å². The Balaban J connectivity index is 5.02. The molecule has 0 N–H and O–H groups in total. The molecule has 0 amide bonds. The third-order valence-corrected chi connectivity index (χ3v) is 9.42. The molecule has 107 valence electrons. The lowest BCUT2D eigenvalue weighted by molar-refractivity contribution is -0.139. The van der Waals surface area contributed by atoms with E-state index in [1.54, 1.807) is 14.2 Å².